The first-order valence-corrected chi connectivity index (χ1v) is 12.9. The van der Waals surface area contributed by atoms with Gasteiger partial charge in [0, 0.05) is 25.2 Å². The van der Waals surface area contributed by atoms with Crippen molar-refractivity contribution in [2.75, 3.05) is 13.1 Å². The summed E-state index contributed by atoms with van der Waals surface area (Å²) in [6.07, 6.45) is 12.1. The van der Waals surface area contributed by atoms with E-state index in [1.807, 2.05) is 6.92 Å². The van der Waals surface area contributed by atoms with E-state index < -0.39 is 5.97 Å². The molecule has 0 aromatic carbocycles. The second-order valence-electron chi connectivity index (χ2n) is 9.78. The van der Waals surface area contributed by atoms with Gasteiger partial charge in [-0.3, -0.25) is 9.79 Å². The van der Waals surface area contributed by atoms with E-state index in [0.717, 1.165) is 43.0 Å². The lowest BCUT2D eigenvalue weighted by Crippen LogP contribution is -2.48. The summed E-state index contributed by atoms with van der Waals surface area (Å²) in [5, 5.41) is 13.1. The van der Waals surface area contributed by atoms with Gasteiger partial charge in [-0.2, -0.15) is 0 Å². The summed E-state index contributed by atoms with van der Waals surface area (Å²) < 4.78 is 0. The fraction of sp³-hybridized carbons (Fsp3) is 0.750. The Hall–Kier alpha value is -1.63. The van der Waals surface area contributed by atoms with Crippen molar-refractivity contribution in [3.63, 3.8) is 0 Å². The number of hydrogen-bond donors (Lipinski definition) is 1. The number of likely N-dealkylation sites (tertiary alicyclic amines) is 1. The van der Waals surface area contributed by atoms with Crippen molar-refractivity contribution in [1.29, 1.82) is 0 Å². The quantitative estimate of drug-likeness (QED) is 0.648. The van der Waals surface area contributed by atoms with Crippen molar-refractivity contribution >= 4 is 34.4 Å². The molecular weight excluding hydrogens is 408 g/mol. The lowest BCUT2D eigenvalue weighted by Gasteiger charge is -2.42. The molecule has 0 spiro atoms. The average molecular weight is 445 g/mol. The maximum absolute atomic E-state index is 11.9. The van der Waals surface area contributed by atoms with Gasteiger partial charge >= 0.3 is 5.97 Å². The molecule has 170 valence electrons. The Labute approximate surface area is 190 Å². The van der Waals surface area contributed by atoms with Crippen molar-refractivity contribution < 1.29 is 9.90 Å². The minimum absolute atomic E-state index is 0.143. The lowest BCUT2D eigenvalue weighted by atomic mass is 9.74. The highest BCUT2D eigenvalue weighted by Crippen LogP contribution is 2.37. The maximum atomic E-state index is 11.9. The Kier molecular flexibility index (Phi) is 7.51. The number of nitrogens with zero attached hydrogens (tertiary/aromatic N) is 4. The monoisotopic (exact) mass is 444 g/mol. The van der Waals surface area contributed by atoms with Gasteiger partial charge in [-0.25, -0.2) is 9.98 Å². The molecule has 0 aromatic heterocycles. The largest absolute Gasteiger partial charge is 0.481 e. The first-order chi connectivity index (χ1) is 15.0. The van der Waals surface area contributed by atoms with E-state index in [0.29, 0.717) is 30.3 Å². The summed E-state index contributed by atoms with van der Waals surface area (Å²) in [4.78, 5) is 28.7. The molecule has 0 radical (unpaired) electrons. The highest BCUT2D eigenvalue weighted by atomic mass is 32.2. The van der Waals surface area contributed by atoms with Crippen molar-refractivity contribution in [3.8, 4) is 0 Å². The number of aliphatic carboxylic acids is 1. The van der Waals surface area contributed by atoms with Crippen LogP contribution in [-0.4, -0.2) is 51.9 Å². The number of carboxylic acids is 1. The molecule has 3 heterocycles. The third-order valence-electron chi connectivity index (χ3n) is 7.18. The normalized spacial score (nSPS) is 34.3. The smallest absolute Gasteiger partial charge is 0.308 e. The maximum Gasteiger partial charge on any atom is 0.308 e. The van der Waals surface area contributed by atoms with Crippen molar-refractivity contribution in [2.24, 2.45) is 38.6 Å². The topological polar surface area (TPSA) is 77.6 Å². The van der Waals surface area contributed by atoms with E-state index >= 15 is 0 Å². The SMILES string of the molecule is CC1=NC(N2CC(C(=O)O)CC(C3CCCCC3)C2)=NC(N=C2CCC(C)C=CS2)C1. The molecule has 3 aliphatic heterocycles. The number of carboxylic acid groups (broad SMARTS) is 1. The lowest BCUT2D eigenvalue weighted by molar-refractivity contribution is -0.144. The van der Waals surface area contributed by atoms with E-state index in [1.54, 1.807) is 11.8 Å². The molecule has 1 aliphatic carbocycles. The van der Waals surface area contributed by atoms with Crippen LogP contribution < -0.4 is 0 Å². The molecule has 1 saturated heterocycles. The zero-order chi connectivity index (χ0) is 21.8. The number of thioether (sulfide) groups is 1. The number of aliphatic imine (C=N–C) groups is 3. The molecule has 1 N–H and O–H groups in total. The van der Waals surface area contributed by atoms with Gasteiger partial charge in [0.25, 0.3) is 0 Å². The molecule has 0 aromatic rings. The van der Waals surface area contributed by atoms with Crippen LogP contribution in [0.2, 0.25) is 0 Å². The second kappa shape index (κ2) is 10.3. The Morgan fingerprint density at radius 2 is 2.00 bits per heavy atom. The zero-order valence-corrected chi connectivity index (χ0v) is 19.7. The summed E-state index contributed by atoms with van der Waals surface area (Å²) in [6, 6.07) is 0. The average Bonchev–Trinajstić information content (AvgIpc) is 2.97. The molecule has 2 fully saturated rings. The third kappa shape index (κ3) is 5.99. The highest BCUT2D eigenvalue weighted by Gasteiger charge is 2.37. The predicted octanol–water partition coefficient (Wildman–Crippen LogP) is 5.21. The van der Waals surface area contributed by atoms with Gasteiger partial charge < -0.3 is 10.0 Å². The van der Waals surface area contributed by atoms with Gasteiger partial charge in [-0.05, 0) is 49.3 Å². The molecule has 4 rings (SSSR count). The van der Waals surface area contributed by atoms with Crippen LogP contribution in [0, 0.1) is 23.7 Å². The number of rotatable bonds is 3. The zero-order valence-electron chi connectivity index (χ0n) is 18.9. The number of piperidine rings is 1. The van der Waals surface area contributed by atoms with Crippen molar-refractivity contribution in [1.82, 2.24) is 4.90 Å². The van der Waals surface area contributed by atoms with Gasteiger partial charge in [-0.15, -0.1) is 0 Å². The number of guanidine groups is 1. The molecule has 1 saturated carbocycles. The highest BCUT2D eigenvalue weighted by molar-refractivity contribution is 8.16. The van der Waals surface area contributed by atoms with Gasteiger partial charge in [-0.1, -0.05) is 56.9 Å². The Morgan fingerprint density at radius 3 is 2.77 bits per heavy atom. The molecule has 4 aliphatic rings. The molecule has 0 bridgehead atoms. The van der Waals surface area contributed by atoms with Crippen LogP contribution in [0.4, 0.5) is 0 Å². The van der Waals surface area contributed by atoms with Gasteiger partial charge in [0.1, 0.15) is 6.17 Å². The molecule has 4 atom stereocenters. The standard InChI is InChI=1S/C24H36N4O2S/c1-16-8-9-22(31-11-10-16)26-21-12-17(2)25-24(27-21)28-14-19(13-20(15-28)23(29)30)18-6-4-3-5-7-18/h10-11,16,18-21H,3-9,12-15H2,1-2H3,(H,29,30). The van der Waals surface area contributed by atoms with Crippen LogP contribution >= 0.6 is 11.8 Å². The Bertz CT molecular complexity index is 784. The van der Waals surface area contributed by atoms with Gasteiger partial charge in [0.05, 0.1) is 11.0 Å². The fourth-order valence-corrected chi connectivity index (χ4v) is 6.28. The molecule has 31 heavy (non-hydrogen) atoms. The first-order valence-electron chi connectivity index (χ1n) is 12.0. The van der Waals surface area contributed by atoms with Crippen molar-refractivity contribution in [2.45, 2.75) is 77.8 Å². The second-order valence-corrected chi connectivity index (χ2v) is 10.8. The fourth-order valence-electron chi connectivity index (χ4n) is 5.36. The Balaban J connectivity index is 1.52. The summed E-state index contributed by atoms with van der Waals surface area (Å²) in [6.45, 7) is 5.67. The third-order valence-corrected chi connectivity index (χ3v) is 8.06. The summed E-state index contributed by atoms with van der Waals surface area (Å²) in [5.41, 5.74) is 1.04. The number of hydrogen-bond acceptors (Lipinski definition) is 6. The van der Waals surface area contributed by atoms with Crippen LogP contribution in [0.5, 0.6) is 0 Å². The number of allylic oxidation sites excluding steroid dienone is 1. The van der Waals surface area contributed by atoms with E-state index in [9.17, 15) is 9.90 Å². The van der Waals surface area contributed by atoms with Gasteiger partial charge in [0.2, 0.25) is 5.96 Å². The van der Waals surface area contributed by atoms with Crippen LogP contribution in [-0.2, 0) is 4.79 Å². The van der Waals surface area contributed by atoms with E-state index in [1.165, 1.54) is 32.1 Å². The molecule has 6 nitrogen and oxygen atoms in total. The van der Waals surface area contributed by atoms with Crippen molar-refractivity contribution in [3.05, 3.63) is 11.5 Å². The molecule has 4 unspecified atom stereocenters. The van der Waals surface area contributed by atoms with Gasteiger partial charge in [0.15, 0.2) is 0 Å². The molecule has 0 amide bonds. The summed E-state index contributed by atoms with van der Waals surface area (Å²) in [7, 11) is 0. The first kappa shape index (κ1) is 22.6. The van der Waals surface area contributed by atoms with Crippen LogP contribution in [0.25, 0.3) is 0 Å². The minimum atomic E-state index is -0.685. The van der Waals surface area contributed by atoms with E-state index in [2.05, 4.69) is 23.3 Å². The summed E-state index contributed by atoms with van der Waals surface area (Å²) >= 11 is 1.71. The van der Waals surface area contributed by atoms with E-state index in [-0.39, 0.29) is 12.1 Å². The Morgan fingerprint density at radius 1 is 1.19 bits per heavy atom. The molecule has 7 heteroatoms. The van der Waals surface area contributed by atoms with Crippen LogP contribution in [0.3, 0.4) is 0 Å². The molecular formula is C24H36N4O2S. The van der Waals surface area contributed by atoms with E-state index in [4.69, 9.17) is 15.0 Å². The van der Waals surface area contributed by atoms with Crippen LogP contribution in [0.1, 0.15) is 71.6 Å². The number of carbonyl (C=O) groups is 1. The predicted molar refractivity (Wildman–Crippen MR) is 129 cm³/mol. The minimum Gasteiger partial charge on any atom is -0.481 e. The summed E-state index contributed by atoms with van der Waals surface area (Å²) in [5.74, 6) is 1.33. The van der Waals surface area contributed by atoms with Crippen LogP contribution in [0.15, 0.2) is 26.5 Å².